The van der Waals surface area contributed by atoms with Gasteiger partial charge in [-0.15, -0.1) is 0 Å². The summed E-state index contributed by atoms with van der Waals surface area (Å²) < 4.78 is 10.6. The first-order chi connectivity index (χ1) is 12.1. The lowest BCUT2D eigenvalue weighted by Crippen LogP contribution is -2.35. The maximum absolute atomic E-state index is 11.5. The van der Waals surface area contributed by atoms with Crippen LogP contribution in [-0.2, 0) is 22.6 Å². The standard InChI is InChI=1S/C20H24O5/c1-2-24-20(23)19(22)17(21)13-12-16-10-6-7-11-18(16)25-14-15-8-4-3-5-9-15/h3-11,17,19,21-22H,2,12-14H2,1H3/t17-,19+/m1/s1. The van der Waals surface area contributed by atoms with E-state index in [1.165, 1.54) is 0 Å². The van der Waals surface area contributed by atoms with Crippen LogP contribution in [0, 0.1) is 0 Å². The van der Waals surface area contributed by atoms with E-state index in [4.69, 9.17) is 9.47 Å². The first-order valence-corrected chi connectivity index (χ1v) is 8.39. The Hall–Kier alpha value is -2.37. The molecule has 2 aromatic carbocycles. The topological polar surface area (TPSA) is 76.0 Å². The minimum Gasteiger partial charge on any atom is -0.489 e. The highest BCUT2D eigenvalue weighted by atomic mass is 16.5. The van der Waals surface area contributed by atoms with Gasteiger partial charge in [-0.2, -0.15) is 0 Å². The van der Waals surface area contributed by atoms with E-state index in [0.29, 0.717) is 13.0 Å². The number of para-hydroxylation sites is 1. The van der Waals surface area contributed by atoms with Gasteiger partial charge in [0.15, 0.2) is 6.10 Å². The second-order valence-electron chi connectivity index (χ2n) is 5.68. The third-order valence-electron chi connectivity index (χ3n) is 3.81. The van der Waals surface area contributed by atoms with Crippen LogP contribution in [0.5, 0.6) is 5.75 Å². The van der Waals surface area contributed by atoms with E-state index in [1.807, 2.05) is 54.6 Å². The van der Waals surface area contributed by atoms with Crippen molar-refractivity contribution in [3.05, 3.63) is 65.7 Å². The molecule has 0 saturated carbocycles. The fourth-order valence-electron chi connectivity index (χ4n) is 2.43. The molecule has 5 heteroatoms. The number of aliphatic hydroxyl groups excluding tert-OH is 2. The van der Waals surface area contributed by atoms with Gasteiger partial charge in [0.1, 0.15) is 12.4 Å². The molecule has 5 nitrogen and oxygen atoms in total. The van der Waals surface area contributed by atoms with Crippen LogP contribution < -0.4 is 4.74 Å². The van der Waals surface area contributed by atoms with Gasteiger partial charge in [-0.3, -0.25) is 0 Å². The molecule has 0 amide bonds. The number of aryl methyl sites for hydroxylation is 1. The van der Waals surface area contributed by atoms with E-state index >= 15 is 0 Å². The average Bonchev–Trinajstić information content (AvgIpc) is 2.65. The number of hydrogen-bond donors (Lipinski definition) is 2. The molecule has 25 heavy (non-hydrogen) atoms. The SMILES string of the molecule is CCOC(=O)[C@@H](O)[C@H](O)CCc1ccccc1OCc1ccccc1. The molecule has 0 aliphatic carbocycles. The number of esters is 1. The van der Waals surface area contributed by atoms with Crippen molar-refractivity contribution >= 4 is 5.97 Å². The summed E-state index contributed by atoms with van der Waals surface area (Å²) in [6.45, 7) is 2.27. The monoisotopic (exact) mass is 344 g/mol. The summed E-state index contributed by atoms with van der Waals surface area (Å²) in [5, 5.41) is 19.7. The Morgan fingerprint density at radius 3 is 2.44 bits per heavy atom. The van der Waals surface area contributed by atoms with Gasteiger partial charge >= 0.3 is 5.97 Å². The zero-order valence-corrected chi connectivity index (χ0v) is 14.3. The van der Waals surface area contributed by atoms with Crippen LogP contribution in [0.3, 0.4) is 0 Å². The van der Waals surface area contributed by atoms with Crippen LogP contribution in [-0.4, -0.2) is 35.0 Å². The van der Waals surface area contributed by atoms with Crippen molar-refractivity contribution in [2.45, 2.75) is 38.6 Å². The number of rotatable bonds is 9. The molecular weight excluding hydrogens is 320 g/mol. The van der Waals surface area contributed by atoms with Crippen LogP contribution in [0.4, 0.5) is 0 Å². The van der Waals surface area contributed by atoms with Crippen LogP contribution in [0.1, 0.15) is 24.5 Å². The maximum Gasteiger partial charge on any atom is 0.337 e. The molecule has 0 bridgehead atoms. The van der Waals surface area contributed by atoms with Gasteiger partial charge in [0.25, 0.3) is 0 Å². The molecule has 0 aliphatic heterocycles. The third kappa shape index (κ3) is 5.89. The van der Waals surface area contributed by atoms with E-state index in [2.05, 4.69) is 0 Å². The van der Waals surface area contributed by atoms with Crippen LogP contribution in [0.15, 0.2) is 54.6 Å². The summed E-state index contributed by atoms with van der Waals surface area (Å²) in [5.41, 5.74) is 1.98. The summed E-state index contributed by atoms with van der Waals surface area (Å²) in [6.07, 6.45) is -2.01. The Bertz CT molecular complexity index is 656. The van der Waals surface area contributed by atoms with Crippen molar-refractivity contribution in [3.63, 3.8) is 0 Å². The molecule has 0 spiro atoms. The first kappa shape index (κ1) is 19.0. The second kappa shape index (κ2) is 9.81. The number of carbonyl (C=O) groups excluding carboxylic acids is 1. The van der Waals surface area contributed by atoms with Crippen molar-refractivity contribution in [2.75, 3.05) is 6.61 Å². The highest BCUT2D eigenvalue weighted by molar-refractivity contribution is 5.75. The Labute approximate surface area is 147 Å². The van der Waals surface area contributed by atoms with Gasteiger partial charge < -0.3 is 19.7 Å². The smallest absolute Gasteiger partial charge is 0.337 e. The predicted molar refractivity (Wildman–Crippen MR) is 94.2 cm³/mol. The number of carbonyl (C=O) groups is 1. The lowest BCUT2D eigenvalue weighted by atomic mass is 10.0. The molecule has 0 fully saturated rings. The van der Waals surface area contributed by atoms with Crippen molar-refractivity contribution in [1.29, 1.82) is 0 Å². The molecule has 0 saturated heterocycles. The summed E-state index contributed by atoms with van der Waals surface area (Å²) in [7, 11) is 0. The van der Waals surface area contributed by atoms with Gasteiger partial charge in [0, 0.05) is 0 Å². The van der Waals surface area contributed by atoms with Crippen molar-refractivity contribution < 1.29 is 24.5 Å². The number of hydrogen-bond acceptors (Lipinski definition) is 5. The summed E-state index contributed by atoms with van der Waals surface area (Å²) in [5.74, 6) is -0.0761. The van der Waals surface area contributed by atoms with Crippen LogP contribution in [0.25, 0.3) is 0 Å². The number of benzene rings is 2. The lowest BCUT2D eigenvalue weighted by molar-refractivity contribution is -0.159. The molecule has 2 rings (SSSR count). The molecule has 0 heterocycles. The first-order valence-electron chi connectivity index (χ1n) is 8.39. The van der Waals surface area contributed by atoms with Crippen LogP contribution >= 0.6 is 0 Å². The fraction of sp³-hybridized carbons (Fsp3) is 0.350. The van der Waals surface area contributed by atoms with Crippen molar-refractivity contribution in [1.82, 2.24) is 0 Å². The van der Waals surface area contributed by atoms with Gasteiger partial charge in [-0.1, -0.05) is 48.5 Å². The maximum atomic E-state index is 11.5. The fourth-order valence-corrected chi connectivity index (χ4v) is 2.43. The summed E-state index contributed by atoms with van der Waals surface area (Å²) in [6, 6.07) is 17.4. The van der Waals surface area contributed by atoms with E-state index < -0.39 is 18.2 Å². The van der Waals surface area contributed by atoms with E-state index in [-0.39, 0.29) is 13.0 Å². The zero-order valence-electron chi connectivity index (χ0n) is 14.3. The highest BCUT2D eigenvalue weighted by Gasteiger charge is 2.25. The summed E-state index contributed by atoms with van der Waals surface area (Å²) >= 11 is 0. The summed E-state index contributed by atoms with van der Waals surface area (Å²) in [4.78, 5) is 11.5. The Morgan fingerprint density at radius 2 is 1.72 bits per heavy atom. The largest absolute Gasteiger partial charge is 0.489 e. The Kier molecular flexibility index (Phi) is 7.44. The van der Waals surface area contributed by atoms with Crippen molar-refractivity contribution in [3.8, 4) is 5.75 Å². The number of aliphatic hydroxyl groups is 2. The Morgan fingerprint density at radius 1 is 1.04 bits per heavy atom. The van der Waals surface area contributed by atoms with Crippen LogP contribution in [0.2, 0.25) is 0 Å². The second-order valence-corrected chi connectivity index (χ2v) is 5.68. The molecule has 2 atom stereocenters. The molecule has 0 unspecified atom stereocenters. The molecule has 0 aliphatic rings. The van der Waals surface area contributed by atoms with Gasteiger partial charge in [-0.25, -0.2) is 4.79 Å². The molecule has 2 aromatic rings. The quantitative estimate of drug-likeness (QED) is 0.684. The number of ether oxygens (including phenoxy) is 2. The van der Waals surface area contributed by atoms with E-state index in [9.17, 15) is 15.0 Å². The van der Waals surface area contributed by atoms with Gasteiger partial charge in [0.05, 0.1) is 12.7 Å². The lowest BCUT2D eigenvalue weighted by Gasteiger charge is -2.17. The minimum atomic E-state index is -1.53. The minimum absolute atomic E-state index is 0.165. The van der Waals surface area contributed by atoms with E-state index in [0.717, 1.165) is 16.9 Å². The molecule has 0 radical (unpaired) electrons. The Balaban J connectivity index is 1.92. The zero-order chi connectivity index (χ0) is 18.1. The van der Waals surface area contributed by atoms with Crippen molar-refractivity contribution in [2.24, 2.45) is 0 Å². The van der Waals surface area contributed by atoms with E-state index in [1.54, 1.807) is 6.92 Å². The third-order valence-corrected chi connectivity index (χ3v) is 3.81. The molecular formula is C20H24O5. The normalized spacial score (nSPS) is 13.1. The molecule has 134 valence electrons. The highest BCUT2D eigenvalue weighted by Crippen LogP contribution is 2.22. The molecule has 0 aromatic heterocycles. The van der Waals surface area contributed by atoms with Gasteiger partial charge in [-0.05, 0) is 37.0 Å². The predicted octanol–water partition coefficient (Wildman–Crippen LogP) is 2.48. The average molecular weight is 344 g/mol. The molecule has 2 N–H and O–H groups in total. The van der Waals surface area contributed by atoms with Gasteiger partial charge in [0.2, 0.25) is 0 Å².